The molecule has 2 N–H and O–H groups in total. The van der Waals surface area contributed by atoms with E-state index < -0.39 is 0 Å². The maximum Gasteiger partial charge on any atom is 0.118 e. The van der Waals surface area contributed by atoms with E-state index >= 15 is 0 Å². The number of nitrogens with two attached hydrogens (primary N) is 1. The fraction of sp³-hybridized carbons (Fsp3) is 0.500. The maximum atomic E-state index is 6.17. The second-order valence-electron chi connectivity index (χ2n) is 4.24. The summed E-state index contributed by atoms with van der Waals surface area (Å²) >= 11 is 0. The topological polar surface area (TPSA) is 35.2 Å². The van der Waals surface area contributed by atoms with Gasteiger partial charge in [0.05, 0.1) is 7.11 Å². The van der Waals surface area contributed by atoms with Crippen LogP contribution in [0.2, 0.25) is 0 Å². The summed E-state index contributed by atoms with van der Waals surface area (Å²) in [5.41, 5.74) is 7.57. The molecule has 0 spiro atoms. The van der Waals surface area contributed by atoms with Gasteiger partial charge < -0.3 is 10.5 Å². The maximum absolute atomic E-state index is 6.17. The number of hydrogen-bond acceptors (Lipinski definition) is 2. The molecule has 3 heteroatoms. The van der Waals surface area contributed by atoms with Gasteiger partial charge in [-0.25, -0.2) is 0 Å². The molecule has 0 heterocycles. The van der Waals surface area contributed by atoms with E-state index in [1.807, 2.05) is 12.1 Å². The molecule has 0 saturated heterocycles. The summed E-state index contributed by atoms with van der Waals surface area (Å²) in [5, 5.41) is 0. The first-order chi connectivity index (χ1) is 6.72. The van der Waals surface area contributed by atoms with E-state index in [-0.39, 0.29) is 17.9 Å². The minimum atomic E-state index is 0. The lowest BCUT2D eigenvalue weighted by molar-refractivity contribution is 0.247. The van der Waals surface area contributed by atoms with Crippen molar-refractivity contribution in [3.05, 3.63) is 29.8 Å². The van der Waals surface area contributed by atoms with Crippen molar-refractivity contribution in [1.82, 2.24) is 0 Å². The summed E-state index contributed by atoms with van der Waals surface area (Å²) in [6, 6.07) is 8.20. The Morgan fingerprint density at radius 1 is 1.27 bits per heavy atom. The van der Waals surface area contributed by atoms with E-state index in [1.165, 1.54) is 24.8 Å². The molecule has 0 unspecified atom stereocenters. The van der Waals surface area contributed by atoms with Crippen molar-refractivity contribution in [2.24, 2.45) is 5.73 Å². The molecule has 1 aliphatic carbocycles. The highest BCUT2D eigenvalue weighted by atomic mass is 35.5. The first-order valence-electron chi connectivity index (χ1n) is 5.14. The number of methoxy groups -OCH3 is 1. The predicted octanol–water partition coefficient (Wildman–Crippen LogP) is 2.54. The van der Waals surface area contributed by atoms with E-state index in [0.717, 1.165) is 12.2 Å². The first-order valence-corrected chi connectivity index (χ1v) is 5.14. The second kappa shape index (κ2) is 4.86. The lowest BCUT2D eigenvalue weighted by Crippen LogP contribution is -2.48. The molecule has 0 bridgehead atoms. The van der Waals surface area contributed by atoms with Crippen molar-refractivity contribution >= 4 is 12.4 Å². The van der Waals surface area contributed by atoms with Crippen LogP contribution in [0.15, 0.2) is 24.3 Å². The average molecular weight is 228 g/mol. The highest BCUT2D eigenvalue weighted by Gasteiger charge is 2.32. The van der Waals surface area contributed by atoms with Gasteiger partial charge in [-0.15, -0.1) is 12.4 Å². The van der Waals surface area contributed by atoms with Crippen molar-refractivity contribution in [3.63, 3.8) is 0 Å². The van der Waals surface area contributed by atoms with Gasteiger partial charge in [-0.1, -0.05) is 12.1 Å². The molecule has 0 atom stereocenters. The van der Waals surface area contributed by atoms with Crippen LogP contribution in [-0.2, 0) is 6.42 Å². The third kappa shape index (κ3) is 2.86. The molecule has 2 nitrogen and oxygen atoms in total. The van der Waals surface area contributed by atoms with Crippen LogP contribution < -0.4 is 10.5 Å². The smallest absolute Gasteiger partial charge is 0.118 e. The zero-order chi connectivity index (χ0) is 10.0. The van der Waals surface area contributed by atoms with Gasteiger partial charge in [-0.05, 0) is 43.4 Å². The molecular formula is C12H18ClNO. The molecule has 1 fully saturated rings. The number of hydrogen-bond donors (Lipinski definition) is 1. The Morgan fingerprint density at radius 2 is 1.87 bits per heavy atom. The molecule has 0 radical (unpaired) electrons. The van der Waals surface area contributed by atoms with Crippen molar-refractivity contribution < 1.29 is 4.74 Å². The third-order valence-electron chi connectivity index (χ3n) is 3.06. The monoisotopic (exact) mass is 227 g/mol. The van der Waals surface area contributed by atoms with Crippen LogP contribution in [0.3, 0.4) is 0 Å². The Hall–Kier alpha value is -0.730. The highest BCUT2D eigenvalue weighted by Crippen LogP contribution is 2.32. The first kappa shape index (κ1) is 12.3. The van der Waals surface area contributed by atoms with Gasteiger partial charge in [0.15, 0.2) is 0 Å². The zero-order valence-corrected chi connectivity index (χ0v) is 9.85. The van der Waals surface area contributed by atoms with Crippen molar-refractivity contribution in [3.8, 4) is 5.75 Å². The van der Waals surface area contributed by atoms with Crippen molar-refractivity contribution in [2.45, 2.75) is 31.2 Å². The van der Waals surface area contributed by atoms with Gasteiger partial charge in [0.1, 0.15) is 5.75 Å². The lowest BCUT2D eigenvalue weighted by Gasteiger charge is -2.38. The SMILES string of the molecule is COc1ccc(CC2(N)CCC2)cc1.Cl. The van der Waals surface area contributed by atoms with E-state index in [1.54, 1.807) is 7.11 Å². The highest BCUT2D eigenvalue weighted by molar-refractivity contribution is 5.85. The minimum absolute atomic E-state index is 0. The van der Waals surface area contributed by atoms with Crippen LogP contribution >= 0.6 is 12.4 Å². The normalized spacial score (nSPS) is 17.5. The fourth-order valence-corrected chi connectivity index (χ4v) is 1.96. The second-order valence-corrected chi connectivity index (χ2v) is 4.24. The average Bonchev–Trinajstić information content (AvgIpc) is 2.17. The molecule has 15 heavy (non-hydrogen) atoms. The van der Waals surface area contributed by atoms with Crippen LogP contribution in [-0.4, -0.2) is 12.6 Å². The van der Waals surface area contributed by atoms with Crippen molar-refractivity contribution in [2.75, 3.05) is 7.11 Å². The Labute approximate surface area is 97.2 Å². The standard InChI is InChI=1S/C12H17NO.ClH/c1-14-11-5-3-10(4-6-11)9-12(13)7-2-8-12;/h3-6H,2,7-9,13H2,1H3;1H. The molecule has 1 aromatic rings. The molecule has 0 amide bonds. The Bertz CT molecular complexity index is 306. The predicted molar refractivity (Wildman–Crippen MR) is 64.7 cm³/mol. The van der Waals surface area contributed by atoms with Gasteiger partial charge in [-0.2, -0.15) is 0 Å². The largest absolute Gasteiger partial charge is 0.497 e. The number of rotatable bonds is 3. The van der Waals surface area contributed by atoms with E-state index in [0.29, 0.717) is 0 Å². The van der Waals surface area contributed by atoms with Crippen LogP contribution in [0, 0.1) is 0 Å². The lowest BCUT2D eigenvalue weighted by atomic mass is 9.74. The third-order valence-corrected chi connectivity index (χ3v) is 3.06. The summed E-state index contributed by atoms with van der Waals surface area (Å²) in [6.07, 6.45) is 4.61. The van der Waals surface area contributed by atoms with Crippen LogP contribution in [0.5, 0.6) is 5.75 Å². The Kier molecular flexibility index (Phi) is 4.00. The summed E-state index contributed by atoms with van der Waals surface area (Å²) < 4.78 is 5.11. The Balaban J connectivity index is 0.00000112. The van der Waals surface area contributed by atoms with E-state index in [9.17, 15) is 0 Å². The van der Waals surface area contributed by atoms with Gasteiger partial charge >= 0.3 is 0 Å². The van der Waals surface area contributed by atoms with Gasteiger partial charge in [0, 0.05) is 5.54 Å². The quantitative estimate of drug-likeness (QED) is 0.862. The van der Waals surface area contributed by atoms with Crippen molar-refractivity contribution in [1.29, 1.82) is 0 Å². The summed E-state index contributed by atoms with van der Waals surface area (Å²) in [5.74, 6) is 0.911. The van der Waals surface area contributed by atoms with Crippen LogP contribution in [0.25, 0.3) is 0 Å². The molecule has 84 valence electrons. The van der Waals surface area contributed by atoms with E-state index in [2.05, 4.69) is 12.1 Å². The molecule has 0 aromatic heterocycles. The van der Waals surface area contributed by atoms with Crippen LogP contribution in [0.1, 0.15) is 24.8 Å². The fourth-order valence-electron chi connectivity index (χ4n) is 1.96. The molecule has 1 aromatic carbocycles. The number of benzene rings is 1. The number of ether oxygens (including phenoxy) is 1. The molecular weight excluding hydrogens is 210 g/mol. The van der Waals surface area contributed by atoms with E-state index in [4.69, 9.17) is 10.5 Å². The molecule has 1 saturated carbocycles. The summed E-state index contributed by atoms with van der Waals surface area (Å²) in [4.78, 5) is 0. The van der Waals surface area contributed by atoms with Crippen LogP contribution in [0.4, 0.5) is 0 Å². The summed E-state index contributed by atoms with van der Waals surface area (Å²) in [6.45, 7) is 0. The summed E-state index contributed by atoms with van der Waals surface area (Å²) in [7, 11) is 1.69. The minimum Gasteiger partial charge on any atom is -0.497 e. The van der Waals surface area contributed by atoms with Gasteiger partial charge in [0.25, 0.3) is 0 Å². The van der Waals surface area contributed by atoms with Gasteiger partial charge in [-0.3, -0.25) is 0 Å². The molecule has 1 aliphatic rings. The van der Waals surface area contributed by atoms with Gasteiger partial charge in [0.2, 0.25) is 0 Å². The number of halogens is 1. The zero-order valence-electron chi connectivity index (χ0n) is 9.03. The molecule has 0 aliphatic heterocycles. The Morgan fingerprint density at radius 3 is 2.27 bits per heavy atom. The molecule has 2 rings (SSSR count).